The molecule has 0 saturated heterocycles. The van der Waals surface area contributed by atoms with Crippen LogP contribution >= 0.6 is 11.3 Å². The van der Waals surface area contributed by atoms with E-state index in [4.69, 9.17) is 0 Å². The lowest BCUT2D eigenvalue weighted by atomic mass is 10.2. The van der Waals surface area contributed by atoms with Gasteiger partial charge in [0.25, 0.3) is 5.91 Å². The molecule has 3 rings (SSSR count). The molecule has 1 saturated carbocycles. The van der Waals surface area contributed by atoms with Crippen LogP contribution in [0.2, 0.25) is 0 Å². The van der Waals surface area contributed by atoms with E-state index in [9.17, 15) is 18.0 Å². The van der Waals surface area contributed by atoms with Gasteiger partial charge in [0.1, 0.15) is 0 Å². The highest BCUT2D eigenvalue weighted by atomic mass is 32.1. The molecule has 2 aromatic heterocycles. The molecule has 1 fully saturated rings. The van der Waals surface area contributed by atoms with E-state index in [1.54, 1.807) is 16.2 Å². The summed E-state index contributed by atoms with van der Waals surface area (Å²) in [5.74, 6) is -0.319. The SMILES string of the molecule is O=C(c1ccc(OCC(F)(F)F)nc1)N(Cc1cccs1)C1CC1. The molecular weight excluding hydrogens is 341 g/mol. The van der Waals surface area contributed by atoms with Crippen molar-refractivity contribution in [1.82, 2.24) is 9.88 Å². The predicted octanol–water partition coefficient (Wildman–Crippen LogP) is 3.89. The summed E-state index contributed by atoms with van der Waals surface area (Å²) in [5, 5.41) is 1.96. The lowest BCUT2D eigenvalue weighted by Crippen LogP contribution is -2.32. The Labute approximate surface area is 140 Å². The maximum absolute atomic E-state index is 12.7. The summed E-state index contributed by atoms with van der Waals surface area (Å²) in [7, 11) is 0. The first kappa shape index (κ1) is 16.8. The molecule has 1 aliphatic carbocycles. The molecule has 2 heterocycles. The van der Waals surface area contributed by atoms with E-state index in [2.05, 4.69) is 9.72 Å². The number of hydrogen-bond acceptors (Lipinski definition) is 4. The van der Waals surface area contributed by atoms with Gasteiger partial charge in [0.15, 0.2) is 6.61 Å². The zero-order valence-corrected chi connectivity index (χ0v) is 13.4. The lowest BCUT2D eigenvalue weighted by molar-refractivity contribution is -0.154. The van der Waals surface area contributed by atoms with E-state index in [1.807, 2.05) is 17.5 Å². The molecule has 0 radical (unpaired) electrons. The monoisotopic (exact) mass is 356 g/mol. The van der Waals surface area contributed by atoms with Gasteiger partial charge < -0.3 is 9.64 Å². The number of alkyl halides is 3. The van der Waals surface area contributed by atoms with Crippen LogP contribution in [0.3, 0.4) is 0 Å². The average molecular weight is 356 g/mol. The average Bonchev–Trinajstić information content (AvgIpc) is 3.26. The molecule has 2 aromatic rings. The highest BCUT2D eigenvalue weighted by molar-refractivity contribution is 7.09. The van der Waals surface area contributed by atoms with Crippen molar-refractivity contribution in [2.75, 3.05) is 6.61 Å². The predicted molar refractivity (Wildman–Crippen MR) is 83.0 cm³/mol. The molecule has 1 aliphatic rings. The summed E-state index contributed by atoms with van der Waals surface area (Å²) in [6.07, 6.45) is -1.22. The van der Waals surface area contributed by atoms with Crippen LogP contribution in [0.5, 0.6) is 5.88 Å². The van der Waals surface area contributed by atoms with E-state index in [0.717, 1.165) is 17.7 Å². The van der Waals surface area contributed by atoms with Crippen molar-refractivity contribution in [3.63, 3.8) is 0 Å². The molecule has 24 heavy (non-hydrogen) atoms. The molecule has 128 valence electrons. The minimum Gasteiger partial charge on any atom is -0.468 e. The van der Waals surface area contributed by atoms with Gasteiger partial charge in [0.2, 0.25) is 5.88 Å². The van der Waals surface area contributed by atoms with Crippen molar-refractivity contribution in [2.45, 2.75) is 31.6 Å². The van der Waals surface area contributed by atoms with Crippen molar-refractivity contribution >= 4 is 17.2 Å². The number of carbonyl (C=O) groups excluding carboxylic acids is 1. The van der Waals surface area contributed by atoms with Crippen LogP contribution < -0.4 is 4.74 Å². The first-order chi connectivity index (χ1) is 11.4. The molecule has 0 spiro atoms. The molecule has 0 unspecified atom stereocenters. The minimum atomic E-state index is -4.42. The van der Waals surface area contributed by atoms with Crippen LogP contribution in [-0.2, 0) is 6.54 Å². The first-order valence-corrected chi connectivity index (χ1v) is 8.29. The number of amides is 1. The van der Waals surface area contributed by atoms with Gasteiger partial charge in [-0.3, -0.25) is 4.79 Å². The van der Waals surface area contributed by atoms with Crippen LogP contribution in [0.15, 0.2) is 35.8 Å². The van der Waals surface area contributed by atoms with E-state index in [0.29, 0.717) is 12.1 Å². The maximum atomic E-state index is 12.7. The normalized spacial score (nSPS) is 14.5. The van der Waals surface area contributed by atoms with E-state index < -0.39 is 12.8 Å². The molecule has 0 N–H and O–H groups in total. The Bertz CT molecular complexity index is 682. The van der Waals surface area contributed by atoms with E-state index in [1.165, 1.54) is 18.3 Å². The number of halogens is 3. The Hall–Kier alpha value is -2.09. The molecule has 0 atom stereocenters. The Morgan fingerprint density at radius 1 is 1.33 bits per heavy atom. The molecular formula is C16H15F3N2O2S. The van der Waals surface area contributed by atoms with Gasteiger partial charge >= 0.3 is 6.18 Å². The fraction of sp³-hybridized carbons (Fsp3) is 0.375. The highest BCUT2D eigenvalue weighted by Gasteiger charge is 2.33. The van der Waals surface area contributed by atoms with Crippen molar-refractivity contribution < 1.29 is 22.7 Å². The zero-order valence-electron chi connectivity index (χ0n) is 12.6. The number of rotatable bonds is 6. The van der Waals surface area contributed by atoms with Crippen molar-refractivity contribution in [3.8, 4) is 5.88 Å². The third kappa shape index (κ3) is 4.47. The minimum absolute atomic E-state index is 0.153. The van der Waals surface area contributed by atoms with Gasteiger partial charge in [0, 0.05) is 23.2 Å². The lowest BCUT2D eigenvalue weighted by Gasteiger charge is -2.21. The Morgan fingerprint density at radius 2 is 2.12 bits per heavy atom. The zero-order chi connectivity index (χ0) is 17.2. The van der Waals surface area contributed by atoms with Gasteiger partial charge in [-0.25, -0.2) is 4.98 Å². The summed E-state index contributed by atoms with van der Waals surface area (Å²) >= 11 is 1.58. The first-order valence-electron chi connectivity index (χ1n) is 7.41. The second-order valence-corrected chi connectivity index (χ2v) is 6.56. The molecule has 4 nitrogen and oxygen atoms in total. The third-order valence-electron chi connectivity index (χ3n) is 3.52. The molecule has 1 amide bonds. The number of aromatic nitrogens is 1. The summed E-state index contributed by atoms with van der Waals surface area (Å²) in [6, 6.07) is 6.87. The standard InChI is InChI=1S/C16H15F3N2O2S/c17-16(18,19)10-23-14-6-3-11(8-20-14)15(22)21(12-4-5-12)9-13-2-1-7-24-13/h1-3,6-8,12H,4-5,9-10H2. The van der Waals surface area contributed by atoms with Gasteiger partial charge in [-0.2, -0.15) is 13.2 Å². The van der Waals surface area contributed by atoms with Crippen molar-refractivity contribution in [3.05, 3.63) is 46.3 Å². The molecule has 0 bridgehead atoms. The number of carbonyl (C=O) groups is 1. The summed E-state index contributed by atoms with van der Waals surface area (Å²) in [5.41, 5.74) is 0.345. The van der Waals surface area contributed by atoms with Crippen LogP contribution in [0.4, 0.5) is 13.2 Å². The topological polar surface area (TPSA) is 42.4 Å². The van der Waals surface area contributed by atoms with Gasteiger partial charge in [0.05, 0.1) is 12.1 Å². The maximum Gasteiger partial charge on any atom is 0.422 e. The summed E-state index contributed by atoms with van der Waals surface area (Å²) < 4.78 is 40.9. The highest BCUT2D eigenvalue weighted by Crippen LogP contribution is 2.30. The summed E-state index contributed by atoms with van der Waals surface area (Å²) in [6.45, 7) is -0.868. The van der Waals surface area contributed by atoms with E-state index in [-0.39, 0.29) is 17.8 Å². The molecule has 0 aliphatic heterocycles. The van der Waals surface area contributed by atoms with Crippen molar-refractivity contribution in [2.24, 2.45) is 0 Å². The largest absolute Gasteiger partial charge is 0.468 e. The van der Waals surface area contributed by atoms with Crippen LogP contribution in [-0.4, -0.2) is 34.6 Å². The molecule has 0 aromatic carbocycles. The van der Waals surface area contributed by atoms with Gasteiger partial charge in [-0.05, 0) is 30.4 Å². The number of nitrogens with zero attached hydrogens (tertiary/aromatic N) is 2. The number of thiophene rings is 1. The van der Waals surface area contributed by atoms with Crippen molar-refractivity contribution in [1.29, 1.82) is 0 Å². The Kier molecular flexibility index (Phi) is 4.75. The second-order valence-electron chi connectivity index (χ2n) is 5.53. The Balaban J connectivity index is 1.66. The van der Waals surface area contributed by atoms with Crippen LogP contribution in [0.25, 0.3) is 0 Å². The Morgan fingerprint density at radius 3 is 2.67 bits per heavy atom. The number of hydrogen-bond donors (Lipinski definition) is 0. The van der Waals surface area contributed by atoms with Crippen LogP contribution in [0, 0.1) is 0 Å². The molecule has 8 heteroatoms. The fourth-order valence-corrected chi connectivity index (χ4v) is 2.94. The fourth-order valence-electron chi connectivity index (χ4n) is 2.24. The second kappa shape index (κ2) is 6.80. The van der Waals surface area contributed by atoms with Crippen LogP contribution in [0.1, 0.15) is 28.1 Å². The van der Waals surface area contributed by atoms with E-state index >= 15 is 0 Å². The quantitative estimate of drug-likeness (QED) is 0.789. The number of ether oxygens (including phenoxy) is 1. The smallest absolute Gasteiger partial charge is 0.422 e. The third-order valence-corrected chi connectivity index (χ3v) is 4.38. The van der Waals surface area contributed by atoms with Gasteiger partial charge in [-0.1, -0.05) is 6.07 Å². The number of pyridine rings is 1. The summed E-state index contributed by atoms with van der Waals surface area (Å²) in [4.78, 5) is 19.3. The van der Waals surface area contributed by atoms with Gasteiger partial charge in [-0.15, -0.1) is 11.3 Å².